The van der Waals surface area contributed by atoms with Gasteiger partial charge < -0.3 is 5.32 Å². The van der Waals surface area contributed by atoms with Gasteiger partial charge in [0.25, 0.3) is 0 Å². The summed E-state index contributed by atoms with van der Waals surface area (Å²) in [7, 11) is -3.96. The van der Waals surface area contributed by atoms with Gasteiger partial charge in [0, 0.05) is 11.4 Å². The van der Waals surface area contributed by atoms with Crippen LogP contribution in [0, 0.1) is 25.2 Å². The van der Waals surface area contributed by atoms with Crippen molar-refractivity contribution in [2.45, 2.75) is 24.5 Å². The van der Waals surface area contributed by atoms with E-state index in [1.807, 2.05) is 62.4 Å². The number of nitrogens with zero attached hydrogens (tertiary/aromatic N) is 1. The molecule has 30 heavy (non-hydrogen) atoms. The summed E-state index contributed by atoms with van der Waals surface area (Å²) >= 11 is 1.31. The van der Waals surface area contributed by atoms with E-state index in [0.29, 0.717) is 10.8 Å². The Bertz CT molecular complexity index is 1210. The summed E-state index contributed by atoms with van der Waals surface area (Å²) < 4.78 is 26.4. The molecule has 0 aliphatic heterocycles. The first-order chi connectivity index (χ1) is 14.4. The van der Waals surface area contributed by atoms with Crippen LogP contribution in [0.5, 0.6) is 0 Å². The van der Waals surface area contributed by atoms with Crippen LogP contribution in [0.3, 0.4) is 0 Å². The molecule has 0 unspecified atom stereocenters. The summed E-state index contributed by atoms with van der Waals surface area (Å²) in [5, 5.41) is 13.3. The van der Waals surface area contributed by atoms with Gasteiger partial charge in [0.05, 0.1) is 4.90 Å². The first-order valence-corrected chi connectivity index (χ1v) is 11.8. The largest absolute Gasteiger partial charge is 0.349 e. The second kappa shape index (κ2) is 9.66. The zero-order valence-electron chi connectivity index (χ0n) is 16.8. The summed E-state index contributed by atoms with van der Waals surface area (Å²) in [5.74, 6) is 0.533. The third-order valence-electron chi connectivity index (χ3n) is 4.37. The highest BCUT2D eigenvalue weighted by atomic mass is 32.2. The second-order valence-electron chi connectivity index (χ2n) is 6.86. The van der Waals surface area contributed by atoms with Gasteiger partial charge in [0.2, 0.25) is 9.84 Å². The van der Waals surface area contributed by atoms with E-state index in [1.165, 1.54) is 23.9 Å². The highest BCUT2D eigenvalue weighted by Gasteiger charge is 2.25. The number of hydrogen-bond donors (Lipinski definition) is 1. The molecule has 0 heterocycles. The van der Waals surface area contributed by atoms with Crippen LogP contribution in [0.25, 0.3) is 0 Å². The molecule has 3 aromatic rings. The van der Waals surface area contributed by atoms with Gasteiger partial charge in [-0.2, -0.15) is 5.26 Å². The van der Waals surface area contributed by atoms with E-state index < -0.39 is 9.84 Å². The molecule has 0 spiro atoms. The molecule has 0 saturated carbocycles. The maximum Gasteiger partial charge on any atom is 0.219 e. The average Bonchev–Trinajstić information content (AvgIpc) is 2.73. The molecule has 0 saturated heterocycles. The van der Waals surface area contributed by atoms with Gasteiger partial charge >= 0.3 is 0 Å². The molecular formula is C24H22N2O2S2. The maximum absolute atomic E-state index is 13.2. The number of thioether (sulfide) groups is 1. The normalized spacial score (nSPS) is 12.0. The maximum atomic E-state index is 13.2. The van der Waals surface area contributed by atoms with E-state index in [9.17, 15) is 13.7 Å². The Morgan fingerprint density at radius 2 is 1.60 bits per heavy atom. The lowest BCUT2D eigenvalue weighted by Gasteiger charge is -2.14. The molecule has 0 fully saturated rings. The molecule has 0 aliphatic rings. The zero-order valence-corrected chi connectivity index (χ0v) is 18.4. The number of nitriles is 1. The van der Waals surface area contributed by atoms with Crippen molar-refractivity contribution in [1.82, 2.24) is 0 Å². The predicted octanol–water partition coefficient (Wildman–Crippen LogP) is 5.82. The molecule has 0 radical (unpaired) electrons. The molecule has 0 aliphatic carbocycles. The highest BCUT2D eigenvalue weighted by molar-refractivity contribution is 8.04. The standard InChI is InChI=1S/C24H22N2O2S2/c1-18-8-6-10-20(14-18)17-29-24(26-21-11-7-9-19(2)15-21)23(16-25)30(27,28)22-12-4-3-5-13-22/h3-15,26H,17H2,1-2H3. The van der Waals surface area contributed by atoms with Crippen molar-refractivity contribution >= 4 is 27.3 Å². The minimum absolute atomic E-state index is 0.0984. The summed E-state index contributed by atoms with van der Waals surface area (Å²) in [4.78, 5) is -0.186. The van der Waals surface area contributed by atoms with E-state index in [0.717, 1.165) is 22.4 Å². The SMILES string of the molecule is Cc1cccc(CSC(Nc2cccc(C)c2)=C(C#N)S(=O)(=O)c2ccccc2)c1. The first-order valence-electron chi connectivity index (χ1n) is 9.36. The van der Waals surface area contributed by atoms with Crippen LogP contribution < -0.4 is 5.32 Å². The van der Waals surface area contributed by atoms with Crippen molar-refractivity contribution in [3.63, 3.8) is 0 Å². The number of sulfone groups is 1. The number of benzene rings is 3. The van der Waals surface area contributed by atoms with Crippen LogP contribution in [0.2, 0.25) is 0 Å². The molecule has 0 aromatic heterocycles. The van der Waals surface area contributed by atoms with E-state index in [1.54, 1.807) is 18.2 Å². The summed E-state index contributed by atoms with van der Waals surface area (Å²) in [5.41, 5.74) is 3.95. The van der Waals surface area contributed by atoms with Crippen LogP contribution in [-0.4, -0.2) is 8.42 Å². The Morgan fingerprint density at radius 3 is 2.23 bits per heavy atom. The van der Waals surface area contributed by atoms with E-state index >= 15 is 0 Å². The lowest BCUT2D eigenvalue weighted by atomic mass is 10.2. The van der Waals surface area contributed by atoms with Gasteiger partial charge in [-0.25, -0.2) is 8.42 Å². The third-order valence-corrected chi connectivity index (χ3v) is 7.30. The van der Waals surface area contributed by atoms with Gasteiger partial charge in [-0.1, -0.05) is 60.2 Å². The molecular weight excluding hydrogens is 412 g/mol. The number of nitrogens with one attached hydrogen (secondary N) is 1. The van der Waals surface area contributed by atoms with Gasteiger partial charge in [-0.3, -0.25) is 0 Å². The van der Waals surface area contributed by atoms with Crippen molar-refractivity contribution in [2.24, 2.45) is 0 Å². The van der Waals surface area contributed by atoms with Crippen LogP contribution >= 0.6 is 11.8 Å². The van der Waals surface area contributed by atoms with Crippen molar-refractivity contribution in [2.75, 3.05) is 5.32 Å². The van der Waals surface area contributed by atoms with Crippen molar-refractivity contribution < 1.29 is 8.42 Å². The van der Waals surface area contributed by atoms with Gasteiger partial charge in [-0.05, 0) is 49.2 Å². The number of allylic oxidation sites excluding steroid dienone is 1. The molecule has 1 N–H and O–H groups in total. The third kappa shape index (κ3) is 5.32. The minimum Gasteiger partial charge on any atom is -0.349 e. The Hall–Kier alpha value is -3.01. The number of rotatable bonds is 7. The lowest BCUT2D eigenvalue weighted by molar-refractivity contribution is 0.603. The molecule has 3 aromatic carbocycles. The van der Waals surface area contributed by atoms with Crippen LogP contribution in [0.15, 0.2) is 93.7 Å². The summed E-state index contributed by atoms with van der Waals surface area (Å²) in [6.07, 6.45) is 0. The van der Waals surface area contributed by atoms with Crippen LogP contribution in [0.4, 0.5) is 5.69 Å². The fourth-order valence-electron chi connectivity index (χ4n) is 2.92. The molecule has 3 rings (SSSR count). The molecule has 4 nitrogen and oxygen atoms in total. The Labute approximate surface area is 182 Å². The van der Waals surface area contributed by atoms with E-state index in [4.69, 9.17) is 0 Å². The molecule has 0 amide bonds. The number of anilines is 1. The van der Waals surface area contributed by atoms with E-state index in [2.05, 4.69) is 11.4 Å². The van der Waals surface area contributed by atoms with Crippen LogP contribution in [-0.2, 0) is 15.6 Å². The predicted molar refractivity (Wildman–Crippen MR) is 124 cm³/mol. The highest BCUT2D eigenvalue weighted by Crippen LogP contribution is 2.31. The topological polar surface area (TPSA) is 70.0 Å². The first kappa shape index (κ1) is 21.7. The van der Waals surface area contributed by atoms with Crippen molar-refractivity contribution in [1.29, 1.82) is 5.26 Å². The quantitative estimate of drug-likeness (QED) is 0.475. The average molecular weight is 435 g/mol. The molecule has 152 valence electrons. The van der Waals surface area contributed by atoms with E-state index in [-0.39, 0.29) is 9.80 Å². The summed E-state index contributed by atoms with van der Waals surface area (Å²) in [6.45, 7) is 3.97. The lowest BCUT2D eigenvalue weighted by Crippen LogP contribution is -2.10. The Balaban J connectivity index is 2.04. The number of hydrogen-bond acceptors (Lipinski definition) is 5. The van der Waals surface area contributed by atoms with Crippen LogP contribution in [0.1, 0.15) is 16.7 Å². The van der Waals surface area contributed by atoms with Crippen molar-refractivity contribution in [3.8, 4) is 6.07 Å². The fraction of sp³-hybridized carbons (Fsp3) is 0.125. The smallest absolute Gasteiger partial charge is 0.219 e. The van der Waals surface area contributed by atoms with Gasteiger partial charge in [0.1, 0.15) is 11.1 Å². The molecule has 0 atom stereocenters. The molecule has 6 heteroatoms. The van der Waals surface area contributed by atoms with Gasteiger partial charge in [-0.15, -0.1) is 11.8 Å². The monoisotopic (exact) mass is 434 g/mol. The van der Waals surface area contributed by atoms with Crippen molar-refractivity contribution in [3.05, 3.63) is 105 Å². The fourth-order valence-corrected chi connectivity index (χ4v) is 5.45. The van der Waals surface area contributed by atoms with Gasteiger partial charge in [0.15, 0.2) is 4.91 Å². The zero-order chi connectivity index (χ0) is 21.6. The number of aryl methyl sites for hydroxylation is 2. The second-order valence-corrected chi connectivity index (χ2v) is 9.73. The Morgan fingerprint density at radius 1 is 0.933 bits per heavy atom. The molecule has 0 bridgehead atoms. The minimum atomic E-state index is -3.96. The Kier molecular flexibility index (Phi) is 6.99. The summed E-state index contributed by atoms with van der Waals surface area (Å²) in [6, 6.07) is 25.6.